The van der Waals surface area contributed by atoms with E-state index in [0.717, 1.165) is 6.42 Å². The third-order valence-electron chi connectivity index (χ3n) is 2.09. The van der Waals surface area contributed by atoms with Gasteiger partial charge in [0.25, 0.3) is 0 Å². The van der Waals surface area contributed by atoms with Crippen molar-refractivity contribution in [3.8, 4) is 0 Å². The van der Waals surface area contributed by atoms with Crippen LogP contribution in [0.15, 0.2) is 0 Å². The van der Waals surface area contributed by atoms with E-state index in [1.54, 1.807) is 6.92 Å². The molecule has 0 aromatic heterocycles. The molecule has 0 bridgehead atoms. The molecular formula is C7H15NO3S. The molecule has 0 radical (unpaired) electrons. The van der Waals surface area contributed by atoms with Gasteiger partial charge in [-0.2, -0.15) is 0 Å². The Labute approximate surface area is 73.3 Å². The molecule has 2 atom stereocenters. The molecule has 1 aliphatic rings. The molecule has 0 aliphatic carbocycles. The van der Waals surface area contributed by atoms with Gasteiger partial charge in [0.05, 0.1) is 11.9 Å². The molecule has 0 amide bonds. The summed E-state index contributed by atoms with van der Waals surface area (Å²) in [6.07, 6.45) is 0.784. The van der Waals surface area contributed by atoms with Gasteiger partial charge in [-0.1, -0.05) is 0 Å². The predicted molar refractivity (Wildman–Crippen MR) is 46.4 cm³/mol. The zero-order chi connectivity index (χ0) is 9.19. The van der Waals surface area contributed by atoms with Crippen LogP contribution >= 0.6 is 0 Å². The van der Waals surface area contributed by atoms with Gasteiger partial charge in [0.1, 0.15) is 0 Å². The van der Waals surface area contributed by atoms with Crippen LogP contribution in [-0.2, 0) is 14.8 Å². The molecule has 0 spiro atoms. The topological polar surface area (TPSA) is 55.4 Å². The molecule has 0 aromatic carbocycles. The molecule has 5 heteroatoms. The number of sulfonamides is 1. The summed E-state index contributed by atoms with van der Waals surface area (Å²) in [5.74, 6) is 0.135. The predicted octanol–water partition coefficient (Wildman–Crippen LogP) is 0.103. The van der Waals surface area contributed by atoms with Crippen molar-refractivity contribution < 1.29 is 13.2 Å². The summed E-state index contributed by atoms with van der Waals surface area (Å²) in [6, 6.07) is -0.0325. The first-order valence-electron chi connectivity index (χ1n) is 4.17. The fourth-order valence-corrected chi connectivity index (χ4v) is 2.14. The molecule has 1 heterocycles. The first-order valence-corrected chi connectivity index (χ1v) is 5.82. The van der Waals surface area contributed by atoms with Crippen molar-refractivity contribution in [2.75, 3.05) is 12.4 Å². The molecule has 1 saturated heterocycles. The average Bonchev–Trinajstić information content (AvgIpc) is 2.36. The van der Waals surface area contributed by atoms with E-state index < -0.39 is 10.0 Å². The molecule has 1 fully saturated rings. The molecule has 4 nitrogen and oxygen atoms in total. The van der Waals surface area contributed by atoms with Crippen molar-refractivity contribution in [3.63, 3.8) is 0 Å². The summed E-state index contributed by atoms with van der Waals surface area (Å²) in [5, 5.41) is 0. The van der Waals surface area contributed by atoms with E-state index in [4.69, 9.17) is 4.74 Å². The zero-order valence-corrected chi connectivity index (χ0v) is 8.23. The molecule has 1 aliphatic heterocycles. The Bertz CT molecular complexity index is 237. The van der Waals surface area contributed by atoms with Crippen LogP contribution in [0.5, 0.6) is 0 Å². The Hall–Kier alpha value is -0.130. The van der Waals surface area contributed by atoms with Gasteiger partial charge in [0.2, 0.25) is 10.0 Å². The Kier molecular flexibility index (Phi) is 3.09. The smallest absolute Gasteiger partial charge is 0.211 e. The molecule has 72 valence electrons. The van der Waals surface area contributed by atoms with E-state index in [9.17, 15) is 8.42 Å². The lowest BCUT2D eigenvalue weighted by Crippen LogP contribution is -2.39. The third kappa shape index (κ3) is 2.43. The molecule has 0 aromatic rings. The summed E-state index contributed by atoms with van der Waals surface area (Å²) in [7, 11) is -3.07. The van der Waals surface area contributed by atoms with Gasteiger partial charge in [-0.15, -0.1) is 0 Å². The maximum Gasteiger partial charge on any atom is 0.211 e. The molecule has 1 rings (SSSR count). The SMILES string of the molecule is CCS(=O)(=O)NC1CCOC1C. The number of rotatable bonds is 3. The van der Waals surface area contributed by atoms with Gasteiger partial charge in [-0.3, -0.25) is 0 Å². The second-order valence-electron chi connectivity index (χ2n) is 2.99. The number of nitrogens with one attached hydrogen (secondary N) is 1. The largest absolute Gasteiger partial charge is 0.377 e. The number of ether oxygens (including phenoxy) is 1. The van der Waals surface area contributed by atoms with Gasteiger partial charge < -0.3 is 4.74 Å². The van der Waals surface area contributed by atoms with Crippen molar-refractivity contribution in [1.82, 2.24) is 4.72 Å². The van der Waals surface area contributed by atoms with Crippen molar-refractivity contribution >= 4 is 10.0 Å². The highest BCUT2D eigenvalue weighted by Gasteiger charge is 2.27. The first kappa shape index (κ1) is 9.95. The Morgan fingerprint density at radius 1 is 1.58 bits per heavy atom. The minimum absolute atomic E-state index is 0.00586. The second-order valence-corrected chi connectivity index (χ2v) is 5.03. The lowest BCUT2D eigenvalue weighted by molar-refractivity contribution is 0.117. The highest BCUT2D eigenvalue weighted by Crippen LogP contribution is 2.13. The monoisotopic (exact) mass is 193 g/mol. The maximum absolute atomic E-state index is 11.1. The van der Waals surface area contributed by atoms with E-state index in [2.05, 4.69) is 4.72 Å². The number of hydrogen-bond acceptors (Lipinski definition) is 3. The fraction of sp³-hybridized carbons (Fsp3) is 1.00. The Balaban J connectivity index is 2.51. The van der Waals surface area contributed by atoms with Crippen LogP contribution in [0.25, 0.3) is 0 Å². The Morgan fingerprint density at radius 3 is 2.67 bits per heavy atom. The van der Waals surface area contributed by atoms with E-state index in [1.807, 2.05) is 6.92 Å². The molecule has 1 N–H and O–H groups in total. The summed E-state index contributed by atoms with van der Waals surface area (Å²) in [5.41, 5.74) is 0. The third-order valence-corrected chi connectivity index (χ3v) is 3.51. The summed E-state index contributed by atoms with van der Waals surface area (Å²) < 4.78 is 30.1. The van der Waals surface area contributed by atoms with E-state index in [-0.39, 0.29) is 17.9 Å². The van der Waals surface area contributed by atoms with Gasteiger partial charge in [-0.25, -0.2) is 13.1 Å². The zero-order valence-electron chi connectivity index (χ0n) is 7.41. The van der Waals surface area contributed by atoms with E-state index in [0.29, 0.717) is 6.61 Å². The first-order chi connectivity index (χ1) is 5.55. The van der Waals surface area contributed by atoms with Crippen LogP contribution < -0.4 is 4.72 Å². The highest BCUT2D eigenvalue weighted by atomic mass is 32.2. The highest BCUT2D eigenvalue weighted by molar-refractivity contribution is 7.89. The standard InChI is InChI=1S/C7H15NO3S/c1-3-12(9,10)8-7-4-5-11-6(7)2/h6-8H,3-5H2,1-2H3. The van der Waals surface area contributed by atoms with E-state index in [1.165, 1.54) is 0 Å². The second kappa shape index (κ2) is 3.72. The van der Waals surface area contributed by atoms with Crippen molar-refractivity contribution in [2.45, 2.75) is 32.4 Å². The fourth-order valence-electron chi connectivity index (χ4n) is 1.20. The maximum atomic E-state index is 11.1. The van der Waals surface area contributed by atoms with E-state index >= 15 is 0 Å². The van der Waals surface area contributed by atoms with Crippen LogP contribution in [0, 0.1) is 0 Å². The van der Waals surface area contributed by atoms with Crippen LogP contribution in [0.3, 0.4) is 0 Å². The van der Waals surface area contributed by atoms with Gasteiger partial charge >= 0.3 is 0 Å². The summed E-state index contributed by atoms with van der Waals surface area (Å²) in [6.45, 7) is 4.16. The molecular weight excluding hydrogens is 178 g/mol. The molecule has 12 heavy (non-hydrogen) atoms. The van der Waals surface area contributed by atoms with Gasteiger partial charge in [0, 0.05) is 12.6 Å². The van der Waals surface area contributed by atoms with Crippen molar-refractivity contribution in [3.05, 3.63) is 0 Å². The molecule has 2 unspecified atom stereocenters. The van der Waals surface area contributed by atoms with Crippen LogP contribution in [0.2, 0.25) is 0 Å². The number of hydrogen-bond donors (Lipinski definition) is 1. The average molecular weight is 193 g/mol. The molecule has 0 saturated carbocycles. The lowest BCUT2D eigenvalue weighted by atomic mass is 10.2. The van der Waals surface area contributed by atoms with Crippen LogP contribution in [-0.4, -0.2) is 32.9 Å². The summed E-state index contributed by atoms with van der Waals surface area (Å²) >= 11 is 0. The van der Waals surface area contributed by atoms with Crippen LogP contribution in [0.4, 0.5) is 0 Å². The Morgan fingerprint density at radius 2 is 2.25 bits per heavy atom. The van der Waals surface area contributed by atoms with Crippen molar-refractivity contribution in [1.29, 1.82) is 0 Å². The lowest BCUT2D eigenvalue weighted by Gasteiger charge is -2.14. The van der Waals surface area contributed by atoms with Crippen LogP contribution in [0.1, 0.15) is 20.3 Å². The quantitative estimate of drug-likeness (QED) is 0.691. The minimum atomic E-state index is -3.07. The van der Waals surface area contributed by atoms with Gasteiger partial charge in [-0.05, 0) is 20.3 Å². The normalized spacial score (nSPS) is 30.8. The van der Waals surface area contributed by atoms with Crippen molar-refractivity contribution in [2.24, 2.45) is 0 Å². The summed E-state index contributed by atoms with van der Waals surface area (Å²) in [4.78, 5) is 0. The minimum Gasteiger partial charge on any atom is -0.377 e. The van der Waals surface area contributed by atoms with Gasteiger partial charge in [0.15, 0.2) is 0 Å².